The summed E-state index contributed by atoms with van der Waals surface area (Å²) in [6.45, 7) is 3.92. The molecule has 1 heterocycles. The van der Waals surface area contributed by atoms with E-state index in [2.05, 4.69) is 17.2 Å². The number of hydrogen-bond donors (Lipinski definition) is 1. The zero-order valence-electron chi connectivity index (χ0n) is 10.7. The average molecular weight is 264 g/mol. The van der Waals surface area contributed by atoms with E-state index in [9.17, 15) is 9.90 Å². The van der Waals surface area contributed by atoms with Gasteiger partial charge in [-0.2, -0.15) is 0 Å². The molecule has 0 fully saturated rings. The molecule has 4 nitrogen and oxygen atoms in total. The smallest absolute Gasteiger partial charge is 0.861 e. The largest absolute Gasteiger partial charge is 1.00 e. The van der Waals surface area contributed by atoms with Crippen molar-refractivity contribution in [3.8, 4) is 0 Å². The van der Waals surface area contributed by atoms with E-state index in [1.807, 2.05) is 6.92 Å². The minimum atomic E-state index is -0.975. The monoisotopic (exact) mass is 264 g/mol. The average Bonchev–Trinajstić information content (AvgIpc) is 2.22. The number of nitrogens with one attached hydrogen (secondary N) is 1. The van der Waals surface area contributed by atoms with E-state index < -0.39 is 5.41 Å². The molecule has 17 heavy (non-hydrogen) atoms. The molecule has 1 aliphatic rings. The van der Waals surface area contributed by atoms with Crippen molar-refractivity contribution in [1.82, 2.24) is 5.32 Å². The van der Waals surface area contributed by atoms with Gasteiger partial charge >= 0.3 is 29.6 Å². The predicted octanol–water partition coefficient (Wildman–Crippen LogP) is -1.86. The van der Waals surface area contributed by atoms with E-state index in [0.29, 0.717) is 12.8 Å². The topological polar surface area (TPSA) is 64.5 Å². The first-order valence-electron chi connectivity index (χ1n) is 5.68. The number of aliphatic imine (C=N–C) groups is 1. The second-order valence-corrected chi connectivity index (χ2v) is 4.46. The fraction of sp³-hybridized carbons (Fsp3) is 0.727. The normalized spacial score (nSPS) is 23.8. The van der Waals surface area contributed by atoms with Gasteiger partial charge in [0.25, 0.3) is 0 Å². The van der Waals surface area contributed by atoms with Crippen LogP contribution in [0.15, 0.2) is 4.99 Å². The first kappa shape index (κ1) is 17.0. The van der Waals surface area contributed by atoms with E-state index in [1.54, 1.807) is 0 Å². The van der Waals surface area contributed by atoms with Crippen LogP contribution in [-0.2, 0) is 4.79 Å². The van der Waals surface area contributed by atoms with E-state index in [0.717, 1.165) is 19.3 Å². The molecule has 0 spiro atoms. The zero-order chi connectivity index (χ0) is 12.2. The number of thiocarbonyl (C=S) groups is 1. The van der Waals surface area contributed by atoms with Gasteiger partial charge in [0, 0.05) is 0 Å². The van der Waals surface area contributed by atoms with Crippen molar-refractivity contribution in [3.63, 3.8) is 0 Å². The van der Waals surface area contributed by atoms with Crippen LogP contribution >= 0.6 is 12.2 Å². The summed E-state index contributed by atoms with van der Waals surface area (Å²) in [5.41, 5.74) is -0.975. The van der Waals surface area contributed by atoms with Crippen LogP contribution in [0.3, 0.4) is 0 Å². The summed E-state index contributed by atoms with van der Waals surface area (Å²) in [6, 6.07) is 0. The number of carbonyl (C=O) groups excluding carboxylic acids is 1. The molecule has 6 heteroatoms. The van der Waals surface area contributed by atoms with Crippen molar-refractivity contribution in [2.24, 2.45) is 10.4 Å². The van der Waals surface area contributed by atoms with Gasteiger partial charge in [-0.25, -0.2) is 4.99 Å². The molecule has 0 bridgehead atoms. The summed E-state index contributed by atoms with van der Waals surface area (Å²) in [6.07, 6.45) is 3.99. The fourth-order valence-corrected chi connectivity index (χ4v) is 2.10. The van der Waals surface area contributed by atoms with Gasteiger partial charge in [0.2, 0.25) is 5.91 Å². The number of rotatable bonds is 5. The molecule has 0 aromatic carbocycles. The van der Waals surface area contributed by atoms with E-state index in [-0.39, 0.29) is 46.5 Å². The molecule has 0 aromatic heterocycles. The number of hydrogen-bond acceptors (Lipinski definition) is 3. The zero-order valence-corrected chi connectivity index (χ0v) is 13.5. The third kappa shape index (κ3) is 3.74. The van der Waals surface area contributed by atoms with Crippen LogP contribution in [0.1, 0.15) is 46.0 Å². The molecule has 0 radical (unpaired) electrons. The van der Waals surface area contributed by atoms with E-state index >= 15 is 0 Å². The van der Waals surface area contributed by atoms with Gasteiger partial charge in [-0.1, -0.05) is 33.1 Å². The summed E-state index contributed by atoms with van der Waals surface area (Å²) in [4.78, 5) is 15.6. The Labute approximate surface area is 130 Å². The third-order valence-corrected chi connectivity index (χ3v) is 3.27. The molecule has 90 valence electrons. The van der Waals surface area contributed by atoms with Crippen molar-refractivity contribution in [2.75, 3.05) is 0 Å². The van der Waals surface area contributed by atoms with E-state index in [1.165, 1.54) is 0 Å². The van der Waals surface area contributed by atoms with Crippen LogP contribution < -0.4 is 40.0 Å². The number of carbonyl (C=O) groups is 1. The summed E-state index contributed by atoms with van der Waals surface area (Å²) >= 11 is 4.73. The van der Waals surface area contributed by atoms with Crippen molar-refractivity contribution < 1.29 is 39.5 Å². The summed E-state index contributed by atoms with van der Waals surface area (Å²) in [7, 11) is 0. The van der Waals surface area contributed by atoms with Crippen LogP contribution in [-0.4, -0.2) is 16.9 Å². The Bertz CT molecular complexity index is 333. The van der Waals surface area contributed by atoms with Crippen LogP contribution in [0.25, 0.3) is 0 Å². The molecule has 1 atom stereocenters. The van der Waals surface area contributed by atoms with Crippen LogP contribution in [0.2, 0.25) is 0 Å². The van der Waals surface area contributed by atoms with Gasteiger partial charge < -0.3 is 10.4 Å². The van der Waals surface area contributed by atoms with Crippen molar-refractivity contribution in [2.45, 2.75) is 46.0 Å². The minimum absolute atomic E-state index is 0. The van der Waals surface area contributed by atoms with Crippen LogP contribution in [0.5, 0.6) is 0 Å². The molecule has 1 aliphatic heterocycles. The third-order valence-electron chi connectivity index (χ3n) is 3.08. The number of unbranched alkanes of at least 4 members (excludes halogenated alkanes) is 2. The molecule has 1 N–H and O–H groups in total. The Morgan fingerprint density at radius 3 is 2.53 bits per heavy atom. The Kier molecular flexibility index (Phi) is 7.47. The number of nitrogens with zero attached hydrogens (tertiary/aromatic N) is 1. The minimum Gasteiger partial charge on any atom is -0.861 e. The maximum absolute atomic E-state index is 11.9. The first-order valence-corrected chi connectivity index (χ1v) is 6.09. The first-order chi connectivity index (χ1) is 7.56. The molecular formula is C11H17N2NaO2S. The fourth-order valence-electron chi connectivity index (χ4n) is 1.93. The second kappa shape index (κ2) is 7.46. The van der Waals surface area contributed by atoms with Gasteiger partial charge in [-0.3, -0.25) is 4.79 Å². The Morgan fingerprint density at radius 2 is 2.06 bits per heavy atom. The van der Waals surface area contributed by atoms with Crippen molar-refractivity contribution >= 4 is 29.1 Å². The summed E-state index contributed by atoms with van der Waals surface area (Å²) in [5.74, 6) is -0.657. The molecule has 1 unspecified atom stereocenters. The van der Waals surface area contributed by atoms with Crippen LogP contribution in [0.4, 0.5) is 0 Å². The molecular weight excluding hydrogens is 247 g/mol. The Morgan fingerprint density at radius 1 is 1.41 bits per heavy atom. The molecule has 0 aliphatic carbocycles. The van der Waals surface area contributed by atoms with Gasteiger partial charge in [-0.05, 0) is 31.0 Å². The predicted molar refractivity (Wildman–Crippen MR) is 65.0 cm³/mol. The molecule has 0 saturated carbocycles. The molecule has 1 rings (SSSR count). The Hall–Kier alpha value is 0.0300. The van der Waals surface area contributed by atoms with Gasteiger partial charge in [0.05, 0.1) is 5.41 Å². The molecule has 0 saturated heterocycles. The standard InChI is InChI=1S/C11H18N2O2S.Na/c1-3-5-6-7-11(4-2)8(14)12-10(16)13-9(11)15;/h3-7H2,1-2H3,(H2,12,13,14,15,16);/q;+1/p-1. The second-order valence-electron chi connectivity index (χ2n) is 4.07. The summed E-state index contributed by atoms with van der Waals surface area (Å²) < 4.78 is 0. The quantitative estimate of drug-likeness (QED) is 0.360. The van der Waals surface area contributed by atoms with E-state index in [4.69, 9.17) is 12.2 Å². The maximum atomic E-state index is 11.9. The van der Waals surface area contributed by atoms with Gasteiger partial charge in [-0.15, -0.1) is 0 Å². The Balaban J connectivity index is 0.00000256. The van der Waals surface area contributed by atoms with Crippen molar-refractivity contribution in [3.05, 3.63) is 0 Å². The van der Waals surface area contributed by atoms with Gasteiger partial charge in [0.15, 0.2) is 5.11 Å². The molecule has 1 amide bonds. The van der Waals surface area contributed by atoms with Crippen LogP contribution in [0, 0.1) is 5.41 Å². The summed E-state index contributed by atoms with van der Waals surface area (Å²) in [5, 5.41) is 14.3. The maximum Gasteiger partial charge on any atom is 1.00 e. The molecule has 0 aromatic rings. The van der Waals surface area contributed by atoms with Gasteiger partial charge in [0.1, 0.15) is 0 Å². The number of amides is 1. The van der Waals surface area contributed by atoms with Crippen molar-refractivity contribution in [1.29, 1.82) is 0 Å². The SMILES string of the molecule is CCCCCC1(CC)C(=O)NC(=S)N=C1[O-].[Na+].